The molecule has 0 spiro atoms. The van der Waals surface area contributed by atoms with Gasteiger partial charge in [-0.2, -0.15) is 5.10 Å². The molecular formula is C14H12N4O6. The van der Waals surface area contributed by atoms with Crippen LogP contribution in [0, 0.1) is 23.0 Å². The number of nitro groups is 1. The Balaban J connectivity index is 2.03. The third kappa shape index (κ3) is 2.11. The van der Waals surface area contributed by atoms with Crippen molar-refractivity contribution >= 4 is 34.9 Å². The molecule has 2 atom stereocenters. The maximum atomic E-state index is 12.7. The van der Waals surface area contributed by atoms with Gasteiger partial charge in [-0.05, 0) is 12.5 Å². The molecule has 10 nitrogen and oxygen atoms in total. The quantitative estimate of drug-likeness (QED) is 0.353. The Morgan fingerprint density at radius 3 is 2.71 bits per heavy atom. The van der Waals surface area contributed by atoms with Gasteiger partial charge < -0.3 is 4.74 Å². The fourth-order valence-corrected chi connectivity index (χ4v) is 2.75. The van der Waals surface area contributed by atoms with Crippen LogP contribution >= 0.6 is 0 Å². The van der Waals surface area contributed by atoms with Crippen LogP contribution in [0.5, 0.6) is 0 Å². The Morgan fingerprint density at radius 2 is 2.08 bits per heavy atom. The van der Waals surface area contributed by atoms with Crippen molar-refractivity contribution in [2.24, 2.45) is 11.0 Å². The lowest BCUT2D eigenvalue weighted by atomic mass is 9.99. The lowest BCUT2D eigenvalue weighted by molar-refractivity contribution is -0.384. The SMILES string of the molecule is COC(=O)C1=NN[C@H]2C(=O)N(c3cc([N+](=O)[O-])ccc3C)C(=O)[C@H]12. The highest BCUT2D eigenvalue weighted by atomic mass is 16.6. The van der Waals surface area contributed by atoms with Crippen LogP contribution in [0.3, 0.4) is 0 Å². The van der Waals surface area contributed by atoms with Gasteiger partial charge in [0.05, 0.1) is 17.7 Å². The van der Waals surface area contributed by atoms with E-state index in [4.69, 9.17) is 0 Å². The first-order chi connectivity index (χ1) is 11.4. The number of imide groups is 1. The number of non-ortho nitro benzene ring substituents is 1. The minimum absolute atomic E-state index is 0.111. The van der Waals surface area contributed by atoms with E-state index in [2.05, 4.69) is 15.3 Å². The fraction of sp³-hybridized carbons (Fsp3) is 0.286. The number of ether oxygens (including phenoxy) is 1. The van der Waals surface area contributed by atoms with Crippen molar-refractivity contribution in [2.75, 3.05) is 12.0 Å². The number of nitro benzene ring substituents is 1. The van der Waals surface area contributed by atoms with Crippen molar-refractivity contribution in [1.82, 2.24) is 5.43 Å². The maximum absolute atomic E-state index is 12.7. The van der Waals surface area contributed by atoms with E-state index < -0.39 is 34.7 Å². The molecule has 124 valence electrons. The summed E-state index contributed by atoms with van der Waals surface area (Å²) in [6.07, 6.45) is 0. The van der Waals surface area contributed by atoms with Crippen molar-refractivity contribution in [3.63, 3.8) is 0 Å². The van der Waals surface area contributed by atoms with Crippen LogP contribution < -0.4 is 10.3 Å². The van der Waals surface area contributed by atoms with Crippen LogP contribution in [0.15, 0.2) is 23.3 Å². The summed E-state index contributed by atoms with van der Waals surface area (Å²) in [6.45, 7) is 1.62. The van der Waals surface area contributed by atoms with E-state index in [0.29, 0.717) is 5.56 Å². The van der Waals surface area contributed by atoms with E-state index in [1.54, 1.807) is 6.92 Å². The molecule has 0 radical (unpaired) electrons. The van der Waals surface area contributed by atoms with E-state index in [0.717, 1.165) is 18.1 Å². The van der Waals surface area contributed by atoms with Crippen LogP contribution in [-0.4, -0.2) is 41.6 Å². The van der Waals surface area contributed by atoms with Crippen molar-refractivity contribution < 1.29 is 24.0 Å². The summed E-state index contributed by atoms with van der Waals surface area (Å²) in [4.78, 5) is 48.1. The average molecular weight is 332 g/mol. The Bertz CT molecular complexity index is 817. The van der Waals surface area contributed by atoms with Crippen LogP contribution in [0.4, 0.5) is 11.4 Å². The first kappa shape index (κ1) is 15.6. The zero-order valence-electron chi connectivity index (χ0n) is 12.7. The third-order valence-electron chi connectivity index (χ3n) is 3.96. The third-order valence-corrected chi connectivity index (χ3v) is 3.96. The number of carbonyl (C=O) groups excluding carboxylic acids is 3. The highest BCUT2D eigenvalue weighted by Gasteiger charge is 2.56. The molecule has 0 aromatic heterocycles. The Kier molecular flexibility index (Phi) is 3.51. The van der Waals surface area contributed by atoms with Crippen LogP contribution in [0.1, 0.15) is 5.56 Å². The number of esters is 1. The molecule has 1 aromatic carbocycles. The highest BCUT2D eigenvalue weighted by Crippen LogP contribution is 2.34. The number of benzene rings is 1. The number of aryl methyl sites for hydroxylation is 1. The van der Waals surface area contributed by atoms with Crippen molar-refractivity contribution in [3.05, 3.63) is 33.9 Å². The molecule has 2 heterocycles. The number of hydrogen-bond donors (Lipinski definition) is 1. The number of anilines is 1. The second-order valence-corrected chi connectivity index (χ2v) is 5.31. The standard InChI is InChI=1S/C14H12N4O6/c1-6-3-4-7(18(22)23)5-8(6)17-12(19)9-10(13(17)20)15-16-11(9)14(21)24-2/h3-5,9-10,15H,1-2H3/t9-,10+/m0/s1. The second-order valence-electron chi connectivity index (χ2n) is 5.31. The predicted octanol–water partition coefficient (Wildman–Crippen LogP) is -0.107. The number of rotatable bonds is 3. The summed E-state index contributed by atoms with van der Waals surface area (Å²) in [5.74, 6) is -3.23. The first-order valence-corrected chi connectivity index (χ1v) is 6.91. The molecule has 10 heteroatoms. The first-order valence-electron chi connectivity index (χ1n) is 6.91. The summed E-state index contributed by atoms with van der Waals surface area (Å²) in [5.41, 5.74) is 2.65. The maximum Gasteiger partial charge on any atom is 0.355 e. The summed E-state index contributed by atoms with van der Waals surface area (Å²) in [6, 6.07) is 2.86. The van der Waals surface area contributed by atoms with Crippen LogP contribution in [0.25, 0.3) is 0 Å². The molecule has 0 aliphatic carbocycles. The van der Waals surface area contributed by atoms with Crippen LogP contribution in [0.2, 0.25) is 0 Å². The van der Waals surface area contributed by atoms with Crippen molar-refractivity contribution in [1.29, 1.82) is 0 Å². The van der Waals surface area contributed by atoms with Crippen LogP contribution in [-0.2, 0) is 19.1 Å². The number of hydrogen-bond acceptors (Lipinski definition) is 8. The summed E-state index contributed by atoms with van der Waals surface area (Å²) >= 11 is 0. The van der Waals surface area contributed by atoms with E-state index in [9.17, 15) is 24.5 Å². The summed E-state index contributed by atoms with van der Waals surface area (Å²) in [5, 5.41) is 14.6. The van der Waals surface area contributed by atoms with E-state index in [1.165, 1.54) is 12.1 Å². The molecule has 1 N–H and O–H groups in total. The number of amides is 2. The molecule has 24 heavy (non-hydrogen) atoms. The molecule has 1 saturated heterocycles. The van der Waals surface area contributed by atoms with Gasteiger partial charge in [0.25, 0.3) is 11.6 Å². The van der Waals surface area contributed by atoms with E-state index >= 15 is 0 Å². The van der Waals surface area contributed by atoms with Crippen molar-refractivity contribution in [3.8, 4) is 0 Å². The number of fused-ring (bicyclic) bond motifs is 1. The lowest BCUT2D eigenvalue weighted by Gasteiger charge is -2.17. The van der Waals surface area contributed by atoms with Gasteiger partial charge in [-0.15, -0.1) is 0 Å². The Morgan fingerprint density at radius 1 is 1.38 bits per heavy atom. The summed E-state index contributed by atoms with van der Waals surface area (Å²) in [7, 11) is 1.14. The molecule has 3 rings (SSSR count). The number of nitrogens with one attached hydrogen (secondary N) is 1. The molecule has 0 bridgehead atoms. The zero-order chi connectivity index (χ0) is 17.6. The number of hydrazone groups is 1. The monoisotopic (exact) mass is 332 g/mol. The molecule has 2 aliphatic rings. The van der Waals surface area contributed by atoms with Gasteiger partial charge in [0.2, 0.25) is 5.91 Å². The largest absolute Gasteiger partial charge is 0.464 e. The predicted molar refractivity (Wildman–Crippen MR) is 80.2 cm³/mol. The molecule has 0 unspecified atom stereocenters. The Hall–Kier alpha value is -3.30. The van der Waals surface area contributed by atoms with Crippen molar-refractivity contribution in [2.45, 2.75) is 13.0 Å². The summed E-state index contributed by atoms with van der Waals surface area (Å²) < 4.78 is 4.56. The number of carbonyl (C=O) groups is 3. The highest BCUT2D eigenvalue weighted by molar-refractivity contribution is 6.46. The molecular weight excluding hydrogens is 320 g/mol. The van der Waals surface area contributed by atoms with Gasteiger partial charge >= 0.3 is 5.97 Å². The molecule has 1 aromatic rings. The molecule has 2 aliphatic heterocycles. The second kappa shape index (κ2) is 5.41. The van der Waals surface area contributed by atoms with Gasteiger partial charge in [0, 0.05) is 12.1 Å². The zero-order valence-corrected chi connectivity index (χ0v) is 12.7. The number of methoxy groups -OCH3 is 1. The van der Waals surface area contributed by atoms with Gasteiger partial charge in [-0.3, -0.25) is 25.1 Å². The molecule has 1 fully saturated rings. The topological polar surface area (TPSA) is 131 Å². The fourth-order valence-electron chi connectivity index (χ4n) is 2.75. The normalized spacial score (nSPS) is 22.1. The minimum atomic E-state index is -1.11. The minimum Gasteiger partial charge on any atom is -0.464 e. The smallest absolute Gasteiger partial charge is 0.355 e. The van der Waals surface area contributed by atoms with E-state index in [-0.39, 0.29) is 17.1 Å². The van der Waals surface area contributed by atoms with Gasteiger partial charge in [-0.1, -0.05) is 6.07 Å². The molecule has 0 saturated carbocycles. The Labute approximate surface area is 135 Å². The van der Waals surface area contributed by atoms with Gasteiger partial charge in [0.15, 0.2) is 5.71 Å². The average Bonchev–Trinajstić information content (AvgIpc) is 3.09. The van der Waals surface area contributed by atoms with Gasteiger partial charge in [-0.25, -0.2) is 9.69 Å². The lowest BCUT2D eigenvalue weighted by Crippen LogP contribution is -2.36. The van der Waals surface area contributed by atoms with Gasteiger partial charge in [0.1, 0.15) is 12.0 Å². The van der Waals surface area contributed by atoms with E-state index in [1.807, 2.05) is 0 Å². The number of nitrogens with zero attached hydrogens (tertiary/aromatic N) is 3. The molecule has 2 amide bonds.